The van der Waals surface area contributed by atoms with Gasteiger partial charge in [-0.15, -0.1) is 5.10 Å². The average Bonchev–Trinajstić information content (AvgIpc) is 2.77. The van der Waals surface area contributed by atoms with E-state index in [-0.39, 0.29) is 11.7 Å². The Kier molecular flexibility index (Phi) is 4.74. The molecular formula is C11H11Cl2N5OS. The number of nitrogens with two attached hydrogens (primary N) is 1. The number of anilines is 2. The third-order valence-electron chi connectivity index (χ3n) is 2.26. The predicted molar refractivity (Wildman–Crippen MR) is 81.3 cm³/mol. The molecule has 6 nitrogen and oxygen atoms in total. The van der Waals surface area contributed by atoms with Crippen molar-refractivity contribution in [2.24, 2.45) is 0 Å². The van der Waals surface area contributed by atoms with Crippen LogP contribution in [0.2, 0.25) is 10.0 Å². The summed E-state index contributed by atoms with van der Waals surface area (Å²) in [4.78, 5) is 15.9. The van der Waals surface area contributed by atoms with Gasteiger partial charge in [0, 0.05) is 5.02 Å². The largest absolute Gasteiger partial charge is 0.397 e. The summed E-state index contributed by atoms with van der Waals surface area (Å²) in [5, 5.41) is 10.5. The molecule has 20 heavy (non-hydrogen) atoms. The second-order valence-electron chi connectivity index (χ2n) is 3.89. The quantitative estimate of drug-likeness (QED) is 0.591. The Labute approximate surface area is 129 Å². The molecule has 9 heteroatoms. The van der Waals surface area contributed by atoms with Gasteiger partial charge in [-0.25, -0.2) is 4.98 Å². The molecule has 2 rings (SSSR count). The fraction of sp³-hybridized carbons (Fsp3) is 0.182. The first-order valence-electron chi connectivity index (χ1n) is 5.52. The predicted octanol–water partition coefficient (Wildman–Crippen LogP) is 2.73. The summed E-state index contributed by atoms with van der Waals surface area (Å²) in [6.45, 7) is 1.78. The van der Waals surface area contributed by atoms with Crippen LogP contribution in [0.3, 0.4) is 0 Å². The molecule has 0 aliphatic heterocycles. The standard InChI is InChI=1S/C11H11Cl2N5OS/c1-5-15-11(18-17-5)20-4-9(19)16-10-7(13)2-6(12)3-8(10)14/h2-3H,4,14H2,1H3,(H,16,19)(H,15,17,18). The van der Waals surface area contributed by atoms with E-state index >= 15 is 0 Å². The zero-order chi connectivity index (χ0) is 14.7. The Balaban J connectivity index is 1.98. The summed E-state index contributed by atoms with van der Waals surface area (Å²) >= 11 is 13.0. The highest BCUT2D eigenvalue weighted by atomic mass is 35.5. The summed E-state index contributed by atoms with van der Waals surface area (Å²) in [5.41, 5.74) is 6.43. The maximum atomic E-state index is 11.8. The summed E-state index contributed by atoms with van der Waals surface area (Å²) in [5.74, 6) is 0.585. The van der Waals surface area contributed by atoms with Crippen molar-refractivity contribution in [1.29, 1.82) is 0 Å². The number of hydrogen-bond acceptors (Lipinski definition) is 5. The molecule has 0 bridgehead atoms. The molecule has 0 atom stereocenters. The first kappa shape index (κ1) is 15.0. The number of hydrogen-bond donors (Lipinski definition) is 3. The highest BCUT2D eigenvalue weighted by Crippen LogP contribution is 2.32. The van der Waals surface area contributed by atoms with Gasteiger partial charge in [0.1, 0.15) is 5.82 Å². The molecule has 0 aliphatic rings. The molecule has 0 aliphatic carbocycles. The number of halogens is 2. The summed E-state index contributed by atoms with van der Waals surface area (Å²) in [7, 11) is 0. The number of aromatic nitrogens is 3. The highest BCUT2D eigenvalue weighted by molar-refractivity contribution is 7.99. The minimum atomic E-state index is -0.256. The molecule has 0 saturated carbocycles. The first-order valence-corrected chi connectivity index (χ1v) is 7.26. The van der Waals surface area contributed by atoms with Crippen LogP contribution in [-0.4, -0.2) is 26.8 Å². The number of nitrogen functional groups attached to an aromatic ring is 1. The summed E-state index contributed by atoms with van der Waals surface area (Å²) in [6, 6.07) is 3.04. The summed E-state index contributed by atoms with van der Waals surface area (Å²) < 4.78 is 0. The van der Waals surface area contributed by atoms with Crippen LogP contribution < -0.4 is 11.1 Å². The number of aromatic amines is 1. The Hall–Kier alpha value is -1.44. The Morgan fingerprint density at radius 3 is 2.85 bits per heavy atom. The van der Waals surface area contributed by atoms with E-state index in [1.165, 1.54) is 23.9 Å². The van der Waals surface area contributed by atoms with Crippen molar-refractivity contribution < 1.29 is 4.79 Å². The zero-order valence-electron chi connectivity index (χ0n) is 10.4. The SMILES string of the molecule is Cc1nc(SCC(=O)Nc2c(N)cc(Cl)cc2Cl)n[nH]1. The fourth-order valence-electron chi connectivity index (χ4n) is 1.42. The van der Waals surface area contributed by atoms with Crippen LogP contribution in [0.25, 0.3) is 0 Å². The van der Waals surface area contributed by atoms with Gasteiger partial charge in [-0.2, -0.15) is 0 Å². The van der Waals surface area contributed by atoms with Crippen LogP contribution in [0.15, 0.2) is 17.3 Å². The normalized spacial score (nSPS) is 10.6. The number of thioether (sulfide) groups is 1. The third kappa shape index (κ3) is 3.78. The van der Waals surface area contributed by atoms with Crippen molar-refractivity contribution in [3.05, 3.63) is 28.0 Å². The van der Waals surface area contributed by atoms with Gasteiger partial charge in [-0.05, 0) is 19.1 Å². The van der Waals surface area contributed by atoms with E-state index in [1.807, 2.05) is 0 Å². The molecule has 0 spiro atoms. The Morgan fingerprint density at radius 2 is 2.25 bits per heavy atom. The van der Waals surface area contributed by atoms with Gasteiger partial charge < -0.3 is 11.1 Å². The molecule has 0 unspecified atom stereocenters. The Morgan fingerprint density at radius 1 is 1.50 bits per heavy atom. The smallest absolute Gasteiger partial charge is 0.234 e. The van der Waals surface area contributed by atoms with Gasteiger partial charge in [-0.1, -0.05) is 35.0 Å². The second-order valence-corrected chi connectivity index (χ2v) is 5.68. The van der Waals surface area contributed by atoms with Gasteiger partial charge in [0.05, 0.1) is 22.2 Å². The number of benzene rings is 1. The number of aryl methyl sites for hydroxylation is 1. The van der Waals surface area contributed by atoms with Crippen LogP contribution >= 0.6 is 35.0 Å². The van der Waals surface area contributed by atoms with Crippen LogP contribution in [-0.2, 0) is 4.79 Å². The van der Waals surface area contributed by atoms with Gasteiger partial charge in [-0.3, -0.25) is 9.89 Å². The lowest BCUT2D eigenvalue weighted by molar-refractivity contribution is -0.113. The van der Waals surface area contributed by atoms with Crippen molar-refractivity contribution in [1.82, 2.24) is 15.2 Å². The second kappa shape index (κ2) is 6.34. The van der Waals surface area contributed by atoms with E-state index in [2.05, 4.69) is 20.5 Å². The number of nitrogens with one attached hydrogen (secondary N) is 2. The van der Waals surface area contributed by atoms with Gasteiger partial charge >= 0.3 is 0 Å². The average molecular weight is 332 g/mol. The van der Waals surface area contributed by atoms with E-state index in [0.717, 1.165) is 0 Å². The minimum Gasteiger partial charge on any atom is -0.397 e. The van der Waals surface area contributed by atoms with Crippen molar-refractivity contribution in [2.45, 2.75) is 12.1 Å². The number of rotatable bonds is 4. The molecule has 4 N–H and O–H groups in total. The topological polar surface area (TPSA) is 96.7 Å². The maximum Gasteiger partial charge on any atom is 0.234 e. The highest BCUT2D eigenvalue weighted by Gasteiger charge is 2.12. The molecule has 1 aromatic carbocycles. The van der Waals surface area contributed by atoms with E-state index in [4.69, 9.17) is 28.9 Å². The molecule has 1 aromatic heterocycles. The lowest BCUT2D eigenvalue weighted by Gasteiger charge is -2.10. The van der Waals surface area contributed by atoms with Crippen molar-refractivity contribution in [3.8, 4) is 0 Å². The molecule has 0 fully saturated rings. The lowest BCUT2D eigenvalue weighted by atomic mass is 10.2. The molecule has 1 amide bonds. The molecule has 2 aromatic rings. The lowest BCUT2D eigenvalue weighted by Crippen LogP contribution is -2.15. The minimum absolute atomic E-state index is 0.149. The van der Waals surface area contributed by atoms with Gasteiger partial charge in [0.15, 0.2) is 0 Å². The molecular weight excluding hydrogens is 321 g/mol. The van der Waals surface area contributed by atoms with E-state index in [1.54, 1.807) is 6.92 Å². The fourth-order valence-corrected chi connectivity index (χ4v) is 2.62. The van der Waals surface area contributed by atoms with Crippen LogP contribution in [0, 0.1) is 6.92 Å². The van der Waals surface area contributed by atoms with Crippen LogP contribution in [0.1, 0.15) is 5.82 Å². The van der Waals surface area contributed by atoms with Crippen molar-refractivity contribution in [2.75, 3.05) is 16.8 Å². The molecule has 1 heterocycles. The molecule has 0 radical (unpaired) electrons. The van der Waals surface area contributed by atoms with Crippen molar-refractivity contribution in [3.63, 3.8) is 0 Å². The van der Waals surface area contributed by atoms with E-state index in [9.17, 15) is 4.79 Å². The van der Waals surface area contributed by atoms with Gasteiger partial charge in [0.25, 0.3) is 0 Å². The zero-order valence-corrected chi connectivity index (χ0v) is 12.7. The third-order valence-corrected chi connectivity index (χ3v) is 3.62. The number of carbonyl (C=O) groups is 1. The Bertz CT molecular complexity index is 622. The maximum absolute atomic E-state index is 11.8. The van der Waals surface area contributed by atoms with Crippen LogP contribution in [0.5, 0.6) is 0 Å². The molecule has 106 valence electrons. The number of H-pyrrole nitrogens is 1. The van der Waals surface area contributed by atoms with E-state index in [0.29, 0.717) is 32.4 Å². The van der Waals surface area contributed by atoms with Crippen molar-refractivity contribution >= 4 is 52.2 Å². The molecule has 0 saturated heterocycles. The number of nitrogens with zero attached hydrogens (tertiary/aromatic N) is 2. The summed E-state index contributed by atoms with van der Waals surface area (Å²) in [6.07, 6.45) is 0. The van der Waals surface area contributed by atoms with Crippen LogP contribution in [0.4, 0.5) is 11.4 Å². The van der Waals surface area contributed by atoms with Gasteiger partial charge in [0.2, 0.25) is 11.1 Å². The van der Waals surface area contributed by atoms with E-state index < -0.39 is 0 Å². The number of amides is 1. The number of carbonyl (C=O) groups excluding carboxylic acids is 1. The monoisotopic (exact) mass is 331 g/mol. The first-order chi connectivity index (χ1) is 9.45.